The second-order valence-electron chi connectivity index (χ2n) is 4.86. The molecule has 5 nitrogen and oxygen atoms in total. The number of carbonyl (C=O) groups is 2. The number of methoxy groups -OCH3 is 1. The fourth-order valence-electron chi connectivity index (χ4n) is 2.28. The summed E-state index contributed by atoms with van der Waals surface area (Å²) in [5, 5.41) is 2.66. The molecule has 0 atom stereocenters. The summed E-state index contributed by atoms with van der Waals surface area (Å²) in [5.74, 6) is 0.357. The molecule has 20 heavy (non-hydrogen) atoms. The lowest BCUT2D eigenvalue weighted by molar-refractivity contribution is -0.130. The lowest BCUT2D eigenvalue weighted by atomic mass is 10.1. The van der Waals surface area contributed by atoms with Gasteiger partial charge in [-0.2, -0.15) is 0 Å². The third kappa shape index (κ3) is 3.73. The van der Waals surface area contributed by atoms with Crippen LogP contribution in [0.1, 0.15) is 29.6 Å². The number of hydrogen-bond acceptors (Lipinski definition) is 3. The van der Waals surface area contributed by atoms with E-state index in [1.54, 1.807) is 31.4 Å². The Bertz CT molecular complexity index is 482. The summed E-state index contributed by atoms with van der Waals surface area (Å²) in [6, 6.07) is 6.87. The second-order valence-corrected chi connectivity index (χ2v) is 4.86. The van der Waals surface area contributed by atoms with Crippen LogP contribution in [0.25, 0.3) is 0 Å². The summed E-state index contributed by atoms with van der Waals surface area (Å²) in [6.45, 7) is 1.65. The fourth-order valence-corrected chi connectivity index (χ4v) is 2.28. The summed E-state index contributed by atoms with van der Waals surface area (Å²) in [7, 11) is 1.55. The highest BCUT2D eigenvalue weighted by molar-refractivity contribution is 5.96. The second kappa shape index (κ2) is 6.93. The Morgan fingerprint density at radius 1 is 1.25 bits per heavy atom. The molecule has 0 aromatic heterocycles. The zero-order valence-corrected chi connectivity index (χ0v) is 11.7. The van der Waals surface area contributed by atoms with E-state index in [1.165, 1.54) is 6.42 Å². The number of amides is 2. The van der Waals surface area contributed by atoms with Crippen molar-refractivity contribution in [1.82, 2.24) is 10.2 Å². The number of carbonyl (C=O) groups excluding carboxylic acids is 2. The number of nitrogens with zero attached hydrogens (tertiary/aromatic N) is 1. The molecule has 0 unspecified atom stereocenters. The van der Waals surface area contributed by atoms with E-state index in [0.717, 1.165) is 25.9 Å². The van der Waals surface area contributed by atoms with E-state index in [1.807, 2.05) is 4.90 Å². The predicted octanol–water partition coefficient (Wildman–Crippen LogP) is 1.44. The molecule has 0 radical (unpaired) electrons. The van der Waals surface area contributed by atoms with Gasteiger partial charge in [-0.3, -0.25) is 9.59 Å². The minimum Gasteiger partial charge on any atom is -0.497 e. The highest BCUT2D eigenvalue weighted by Crippen LogP contribution is 2.12. The minimum absolute atomic E-state index is 0.0130. The Hall–Kier alpha value is -2.04. The minimum atomic E-state index is -0.255. The van der Waals surface area contributed by atoms with E-state index in [2.05, 4.69) is 5.32 Å². The third-order valence-electron chi connectivity index (χ3n) is 3.44. The predicted molar refractivity (Wildman–Crippen MR) is 75.8 cm³/mol. The van der Waals surface area contributed by atoms with Crippen molar-refractivity contribution in [3.63, 3.8) is 0 Å². The van der Waals surface area contributed by atoms with Gasteiger partial charge in [0.2, 0.25) is 5.91 Å². The van der Waals surface area contributed by atoms with Crippen LogP contribution in [0.4, 0.5) is 0 Å². The van der Waals surface area contributed by atoms with E-state index in [4.69, 9.17) is 4.74 Å². The first-order valence-corrected chi connectivity index (χ1v) is 6.91. The summed E-state index contributed by atoms with van der Waals surface area (Å²) in [6.07, 6.45) is 3.28. The van der Waals surface area contributed by atoms with Crippen molar-refractivity contribution in [2.75, 3.05) is 26.7 Å². The Morgan fingerprint density at radius 3 is 2.70 bits per heavy atom. The molecule has 5 heteroatoms. The topological polar surface area (TPSA) is 58.6 Å². The first-order valence-electron chi connectivity index (χ1n) is 6.91. The van der Waals surface area contributed by atoms with Gasteiger partial charge in [-0.05, 0) is 37.5 Å². The van der Waals surface area contributed by atoms with Crippen LogP contribution in [0.2, 0.25) is 0 Å². The molecule has 0 spiro atoms. The molecular weight excluding hydrogens is 256 g/mol. The van der Waals surface area contributed by atoms with Gasteiger partial charge in [0.15, 0.2) is 0 Å². The van der Waals surface area contributed by atoms with Crippen molar-refractivity contribution in [2.24, 2.45) is 0 Å². The molecule has 1 heterocycles. The molecule has 2 rings (SSSR count). The molecule has 1 N–H and O–H groups in total. The normalized spacial score (nSPS) is 14.8. The Labute approximate surface area is 118 Å². The van der Waals surface area contributed by atoms with Gasteiger partial charge in [0.25, 0.3) is 5.91 Å². The quantitative estimate of drug-likeness (QED) is 0.905. The number of rotatable bonds is 4. The zero-order chi connectivity index (χ0) is 14.4. The standard InChI is InChI=1S/C15H20N2O3/c1-20-13-7-5-6-12(10-13)15(19)16-11-14(18)17-8-3-2-4-9-17/h5-7,10H,2-4,8-9,11H2,1H3,(H,16,19). The average Bonchev–Trinajstić information content (AvgIpc) is 2.53. The maximum absolute atomic E-state index is 12.0. The number of benzene rings is 1. The number of hydrogen-bond donors (Lipinski definition) is 1. The highest BCUT2D eigenvalue weighted by Gasteiger charge is 2.17. The van der Waals surface area contributed by atoms with Crippen LogP contribution in [0.15, 0.2) is 24.3 Å². The van der Waals surface area contributed by atoms with Gasteiger partial charge in [-0.1, -0.05) is 6.07 Å². The lowest BCUT2D eigenvalue weighted by Gasteiger charge is -2.26. The van der Waals surface area contributed by atoms with Crippen molar-refractivity contribution < 1.29 is 14.3 Å². The van der Waals surface area contributed by atoms with E-state index in [9.17, 15) is 9.59 Å². The SMILES string of the molecule is COc1cccc(C(=O)NCC(=O)N2CCCCC2)c1. The van der Waals surface area contributed by atoms with Gasteiger partial charge in [0.1, 0.15) is 5.75 Å². The molecule has 1 aromatic rings. The molecule has 0 saturated carbocycles. The van der Waals surface area contributed by atoms with Crippen molar-refractivity contribution in [3.05, 3.63) is 29.8 Å². The maximum atomic E-state index is 12.0. The molecule has 2 amide bonds. The van der Waals surface area contributed by atoms with Crippen molar-refractivity contribution in [2.45, 2.75) is 19.3 Å². The molecule has 1 aliphatic heterocycles. The largest absolute Gasteiger partial charge is 0.497 e. The third-order valence-corrected chi connectivity index (χ3v) is 3.44. The Morgan fingerprint density at radius 2 is 2.00 bits per heavy atom. The number of piperidine rings is 1. The van der Waals surface area contributed by atoms with Crippen LogP contribution in [0.3, 0.4) is 0 Å². The van der Waals surface area contributed by atoms with E-state index < -0.39 is 0 Å². The van der Waals surface area contributed by atoms with Crippen LogP contribution < -0.4 is 10.1 Å². The van der Waals surface area contributed by atoms with Gasteiger partial charge in [0, 0.05) is 18.7 Å². The van der Waals surface area contributed by atoms with Crippen molar-refractivity contribution in [3.8, 4) is 5.75 Å². The van der Waals surface area contributed by atoms with Gasteiger partial charge in [-0.15, -0.1) is 0 Å². The highest BCUT2D eigenvalue weighted by atomic mass is 16.5. The molecule has 0 bridgehead atoms. The van der Waals surface area contributed by atoms with Crippen LogP contribution in [-0.2, 0) is 4.79 Å². The van der Waals surface area contributed by atoms with E-state index >= 15 is 0 Å². The van der Waals surface area contributed by atoms with Crippen LogP contribution in [-0.4, -0.2) is 43.5 Å². The first kappa shape index (κ1) is 14.4. The van der Waals surface area contributed by atoms with E-state index in [-0.39, 0.29) is 18.4 Å². The smallest absolute Gasteiger partial charge is 0.251 e. The zero-order valence-electron chi connectivity index (χ0n) is 11.7. The summed E-state index contributed by atoms with van der Waals surface area (Å²) >= 11 is 0. The maximum Gasteiger partial charge on any atom is 0.251 e. The van der Waals surface area contributed by atoms with Gasteiger partial charge in [0.05, 0.1) is 13.7 Å². The number of ether oxygens (including phenoxy) is 1. The Kier molecular flexibility index (Phi) is 4.98. The first-order chi connectivity index (χ1) is 9.70. The molecule has 1 fully saturated rings. The van der Waals surface area contributed by atoms with Gasteiger partial charge in [-0.25, -0.2) is 0 Å². The molecule has 1 saturated heterocycles. The molecule has 0 aliphatic carbocycles. The van der Waals surface area contributed by atoms with Gasteiger partial charge >= 0.3 is 0 Å². The molecule has 1 aromatic carbocycles. The van der Waals surface area contributed by atoms with Crippen LogP contribution in [0.5, 0.6) is 5.75 Å². The van der Waals surface area contributed by atoms with Gasteiger partial charge < -0.3 is 15.0 Å². The number of nitrogens with one attached hydrogen (secondary N) is 1. The number of likely N-dealkylation sites (tertiary alicyclic amines) is 1. The molecule has 108 valence electrons. The van der Waals surface area contributed by atoms with Crippen LogP contribution >= 0.6 is 0 Å². The van der Waals surface area contributed by atoms with Crippen molar-refractivity contribution in [1.29, 1.82) is 0 Å². The summed E-state index contributed by atoms with van der Waals surface area (Å²) < 4.78 is 5.07. The Balaban J connectivity index is 1.86. The monoisotopic (exact) mass is 276 g/mol. The summed E-state index contributed by atoms with van der Waals surface area (Å²) in [4.78, 5) is 25.7. The van der Waals surface area contributed by atoms with E-state index in [0.29, 0.717) is 11.3 Å². The molecule has 1 aliphatic rings. The average molecular weight is 276 g/mol. The lowest BCUT2D eigenvalue weighted by Crippen LogP contribution is -2.42. The molecular formula is C15H20N2O3. The van der Waals surface area contributed by atoms with Crippen molar-refractivity contribution >= 4 is 11.8 Å². The summed E-state index contributed by atoms with van der Waals surface area (Å²) in [5.41, 5.74) is 0.496. The van der Waals surface area contributed by atoms with Crippen LogP contribution in [0, 0.1) is 0 Å². The fraction of sp³-hybridized carbons (Fsp3) is 0.467.